The number of aliphatic hydroxyl groups excluding tert-OH is 1. The molecule has 23 heavy (non-hydrogen) atoms. The number of amides is 2. The first-order valence-corrected chi connectivity index (χ1v) is 8.39. The fraction of sp³-hybridized carbons (Fsp3) is 0.556. The van der Waals surface area contributed by atoms with Gasteiger partial charge in [0.15, 0.2) is 0 Å². The molecule has 3 rings (SSSR count). The molecule has 2 fully saturated rings. The lowest BCUT2D eigenvalue weighted by Crippen LogP contribution is -2.40. The van der Waals surface area contributed by atoms with Gasteiger partial charge in [-0.1, -0.05) is 30.3 Å². The molecule has 0 spiro atoms. The van der Waals surface area contributed by atoms with E-state index >= 15 is 0 Å². The van der Waals surface area contributed by atoms with Crippen molar-refractivity contribution in [1.82, 2.24) is 9.80 Å². The van der Waals surface area contributed by atoms with Gasteiger partial charge in [-0.15, -0.1) is 0 Å². The third kappa shape index (κ3) is 4.55. The van der Waals surface area contributed by atoms with Gasteiger partial charge in [0.1, 0.15) is 0 Å². The molecule has 1 aliphatic carbocycles. The van der Waals surface area contributed by atoms with Gasteiger partial charge in [-0.05, 0) is 30.7 Å². The predicted octanol–water partition coefficient (Wildman–Crippen LogP) is 1.06. The highest BCUT2D eigenvalue weighted by molar-refractivity contribution is 5.85. The molecule has 1 atom stereocenters. The number of hydrogen-bond acceptors (Lipinski definition) is 3. The van der Waals surface area contributed by atoms with Gasteiger partial charge in [-0.25, -0.2) is 0 Å². The van der Waals surface area contributed by atoms with E-state index in [4.69, 9.17) is 0 Å². The molecular weight excluding hydrogens is 292 g/mol. The fourth-order valence-electron chi connectivity index (χ4n) is 3.03. The summed E-state index contributed by atoms with van der Waals surface area (Å²) in [4.78, 5) is 28.0. The highest BCUT2D eigenvalue weighted by Crippen LogP contribution is 2.30. The first-order chi connectivity index (χ1) is 11.1. The van der Waals surface area contributed by atoms with E-state index in [1.54, 1.807) is 4.90 Å². The molecule has 2 aliphatic rings. The highest BCUT2D eigenvalue weighted by atomic mass is 16.3. The van der Waals surface area contributed by atoms with E-state index in [2.05, 4.69) is 0 Å². The number of carbonyl (C=O) groups excluding carboxylic acids is 2. The van der Waals surface area contributed by atoms with E-state index in [9.17, 15) is 14.7 Å². The van der Waals surface area contributed by atoms with Crippen LogP contribution in [0, 0.1) is 5.92 Å². The molecule has 1 unspecified atom stereocenters. The summed E-state index contributed by atoms with van der Waals surface area (Å²) >= 11 is 0. The van der Waals surface area contributed by atoms with Crippen molar-refractivity contribution >= 4 is 11.8 Å². The Labute approximate surface area is 136 Å². The van der Waals surface area contributed by atoms with Crippen LogP contribution < -0.4 is 0 Å². The molecule has 5 nitrogen and oxygen atoms in total. The van der Waals surface area contributed by atoms with Gasteiger partial charge in [-0.3, -0.25) is 9.59 Å². The molecule has 124 valence electrons. The van der Waals surface area contributed by atoms with Gasteiger partial charge in [0.25, 0.3) is 0 Å². The van der Waals surface area contributed by atoms with Crippen molar-refractivity contribution in [3.63, 3.8) is 0 Å². The second-order valence-corrected chi connectivity index (χ2v) is 6.66. The Morgan fingerprint density at radius 2 is 1.91 bits per heavy atom. The molecule has 2 amide bonds. The molecule has 1 aromatic carbocycles. The average molecular weight is 316 g/mol. The van der Waals surface area contributed by atoms with E-state index in [1.165, 1.54) is 17.7 Å². The summed E-state index contributed by atoms with van der Waals surface area (Å²) in [6.45, 7) is 1.41. The first-order valence-electron chi connectivity index (χ1n) is 8.39. The van der Waals surface area contributed by atoms with Crippen molar-refractivity contribution in [2.45, 2.75) is 31.8 Å². The van der Waals surface area contributed by atoms with Crippen LogP contribution in [0.25, 0.3) is 0 Å². The summed E-state index contributed by atoms with van der Waals surface area (Å²) in [5, 5.41) is 10.1. The van der Waals surface area contributed by atoms with Crippen LogP contribution in [0.4, 0.5) is 0 Å². The topological polar surface area (TPSA) is 60.9 Å². The molecular formula is C18H24N2O3. The summed E-state index contributed by atoms with van der Waals surface area (Å²) in [5.41, 5.74) is 1.11. The third-order valence-electron chi connectivity index (χ3n) is 4.54. The van der Waals surface area contributed by atoms with Gasteiger partial charge in [-0.2, -0.15) is 0 Å². The van der Waals surface area contributed by atoms with E-state index in [-0.39, 0.29) is 24.9 Å². The first kappa shape index (κ1) is 16.0. The molecule has 0 bridgehead atoms. The minimum atomic E-state index is -0.652. The predicted molar refractivity (Wildman–Crippen MR) is 86.7 cm³/mol. The average Bonchev–Trinajstić information content (AvgIpc) is 3.36. The lowest BCUT2D eigenvalue weighted by molar-refractivity contribution is -0.138. The number of rotatable bonds is 5. The number of carbonyl (C=O) groups is 2. The normalized spacial score (nSPS) is 22.1. The molecule has 0 aromatic heterocycles. The van der Waals surface area contributed by atoms with Crippen molar-refractivity contribution in [2.75, 3.05) is 26.2 Å². The third-order valence-corrected chi connectivity index (χ3v) is 4.54. The monoisotopic (exact) mass is 316 g/mol. The molecule has 1 heterocycles. The van der Waals surface area contributed by atoms with Crippen molar-refractivity contribution in [2.24, 2.45) is 5.92 Å². The summed E-state index contributed by atoms with van der Waals surface area (Å²) in [5.74, 6) is 0.488. The van der Waals surface area contributed by atoms with Gasteiger partial charge in [0.2, 0.25) is 11.8 Å². The molecule has 1 saturated heterocycles. The lowest BCUT2D eigenvalue weighted by atomic mass is 10.1. The van der Waals surface area contributed by atoms with Crippen molar-refractivity contribution in [3.05, 3.63) is 35.9 Å². The highest BCUT2D eigenvalue weighted by Gasteiger charge is 2.32. The Balaban J connectivity index is 1.55. The van der Waals surface area contributed by atoms with Crippen LogP contribution in [0.3, 0.4) is 0 Å². The number of benzene rings is 1. The SMILES string of the molecule is O=C(CCc1ccccc1)N1CC(=O)N(CC2CC2)CC(O)C1. The van der Waals surface area contributed by atoms with E-state index in [1.807, 2.05) is 30.3 Å². The number of aliphatic hydroxyl groups is 1. The Kier molecular flexibility index (Phi) is 4.96. The van der Waals surface area contributed by atoms with Crippen LogP contribution in [0.2, 0.25) is 0 Å². The van der Waals surface area contributed by atoms with E-state index in [0.29, 0.717) is 25.3 Å². The summed E-state index contributed by atoms with van der Waals surface area (Å²) in [6, 6.07) is 9.84. The van der Waals surface area contributed by atoms with E-state index in [0.717, 1.165) is 12.1 Å². The van der Waals surface area contributed by atoms with Gasteiger partial charge >= 0.3 is 0 Å². The van der Waals surface area contributed by atoms with Crippen molar-refractivity contribution in [1.29, 1.82) is 0 Å². The minimum absolute atomic E-state index is 0.0403. The molecule has 1 saturated carbocycles. The van der Waals surface area contributed by atoms with Crippen LogP contribution >= 0.6 is 0 Å². The van der Waals surface area contributed by atoms with Gasteiger partial charge in [0.05, 0.1) is 12.6 Å². The second-order valence-electron chi connectivity index (χ2n) is 6.66. The molecule has 1 aromatic rings. The maximum Gasteiger partial charge on any atom is 0.242 e. The minimum Gasteiger partial charge on any atom is -0.389 e. The molecule has 1 aliphatic heterocycles. The zero-order chi connectivity index (χ0) is 16.2. The van der Waals surface area contributed by atoms with Crippen LogP contribution in [-0.2, 0) is 16.0 Å². The standard InChI is InChI=1S/C18H24N2O3/c21-16-11-19(10-15-6-7-15)18(23)13-20(12-16)17(22)9-8-14-4-2-1-3-5-14/h1-5,15-16,21H,6-13H2. The summed E-state index contributed by atoms with van der Waals surface area (Å²) in [7, 11) is 0. The van der Waals surface area contributed by atoms with Crippen molar-refractivity contribution in [3.8, 4) is 0 Å². The van der Waals surface area contributed by atoms with Crippen molar-refractivity contribution < 1.29 is 14.7 Å². The Morgan fingerprint density at radius 1 is 1.17 bits per heavy atom. The second kappa shape index (κ2) is 7.13. The van der Waals surface area contributed by atoms with Gasteiger partial charge < -0.3 is 14.9 Å². The summed E-state index contributed by atoms with van der Waals surface area (Å²) in [6.07, 6.45) is 2.71. The number of aryl methyl sites for hydroxylation is 1. The van der Waals surface area contributed by atoms with Crippen LogP contribution in [-0.4, -0.2) is 59.0 Å². The Bertz CT molecular complexity index is 557. The molecule has 1 N–H and O–H groups in total. The number of nitrogens with zero attached hydrogens (tertiary/aromatic N) is 2. The Morgan fingerprint density at radius 3 is 2.61 bits per heavy atom. The maximum atomic E-state index is 12.4. The molecule has 0 radical (unpaired) electrons. The maximum absolute atomic E-state index is 12.4. The van der Waals surface area contributed by atoms with Gasteiger partial charge in [0, 0.05) is 26.1 Å². The zero-order valence-corrected chi connectivity index (χ0v) is 13.4. The van der Waals surface area contributed by atoms with E-state index < -0.39 is 6.10 Å². The lowest BCUT2D eigenvalue weighted by Gasteiger charge is -2.21. The molecule has 5 heteroatoms. The van der Waals surface area contributed by atoms with Crippen LogP contribution in [0.1, 0.15) is 24.8 Å². The zero-order valence-electron chi connectivity index (χ0n) is 13.4. The Hall–Kier alpha value is -1.88. The smallest absolute Gasteiger partial charge is 0.242 e. The number of hydrogen-bond donors (Lipinski definition) is 1. The number of β-amino-alcohol motifs (C(OH)–C–C–N with tert-alkyl or cyclic N) is 1. The van der Waals surface area contributed by atoms with Crippen LogP contribution in [0.5, 0.6) is 0 Å². The fourth-order valence-corrected chi connectivity index (χ4v) is 3.03. The largest absolute Gasteiger partial charge is 0.389 e. The summed E-state index contributed by atoms with van der Waals surface area (Å²) < 4.78 is 0. The quantitative estimate of drug-likeness (QED) is 0.884. The van der Waals surface area contributed by atoms with Crippen LogP contribution in [0.15, 0.2) is 30.3 Å².